The quantitative estimate of drug-likeness (QED) is 0.341. The molecule has 0 rings (SSSR count). The highest BCUT2D eigenvalue weighted by Crippen LogP contribution is 2.00. The second kappa shape index (κ2) is 5.20. The van der Waals surface area contributed by atoms with Crippen LogP contribution in [-0.2, 0) is 4.79 Å². The molecule has 0 unspecified atom stereocenters. The van der Waals surface area contributed by atoms with E-state index in [2.05, 4.69) is 0 Å². The summed E-state index contributed by atoms with van der Waals surface area (Å²) >= 11 is 0. The molecule has 0 aromatic rings. The Bertz CT molecular complexity index is 116. The van der Waals surface area contributed by atoms with Gasteiger partial charge in [-0.1, -0.05) is 0 Å². The van der Waals surface area contributed by atoms with Crippen LogP contribution in [-0.4, -0.2) is 51.6 Å². The Hall–Kier alpha value is -0.490. The number of carbonyl (C=O) groups excluding carboxylic acids is 1. The van der Waals surface area contributed by atoms with Crippen LogP contribution < -0.4 is 0 Å². The fourth-order valence-corrected chi connectivity index (χ4v) is 0.582. The van der Waals surface area contributed by atoms with Gasteiger partial charge in [0.2, 0.25) is 0 Å². The van der Waals surface area contributed by atoms with Crippen molar-refractivity contribution in [3.63, 3.8) is 0 Å². The zero-order chi connectivity index (χ0) is 8.85. The Labute approximate surface area is 63.9 Å². The molecule has 0 saturated carbocycles. The van der Waals surface area contributed by atoms with Crippen LogP contribution in [0.15, 0.2) is 0 Å². The van der Waals surface area contributed by atoms with Crippen LogP contribution in [0.5, 0.6) is 0 Å². The molecule has 0 radical (unpaired) electrons. The SMILES string of the molecule is O=C[C@H](O)C[C@@H](O)[C@@H](O)CO. The summed E-state index contributed by atoms with van der Waals surface area (Å²) in [5.74, 6) is 0. The van der Waals surface area contributed by atoms with Crippen molar-refractivity contribution in [1.29, 1.82) is 0 Å². The van der Waals surface area contributed by atoms with Crippen LogP contribution in [0.3, 0.4) is 0 Å². The topological polar surface area (TPSA) is 98.0 Å². The summed E-state index contributed by atoms with van der Waals surface area (Å²) in [6, 6.07) is 0. The van der Waals surface area contributed by atoms with Crippen molar-refractivity contribution in [2.45, 2.75) is 24.7 Å². The third-order valence-corrected chi connectivity index (χ3v) is 1.27. The molecule has 0 bridgehead atoms. The van der Waals surface area contributed by atoms with Gasteiger partial charge in [-0.3, -0.25) is 0 Å². The molecule has 0 fully saturated rings. The predicted octanol–water partition coefficient (Wildman–Crippen LogP) is -2.35. The van der Waals surface area contributed by atoms with Crippen molar-refractivity contribution in [3.8, 4) is 0 Å². The van der Waals surface area contributed by atoms with E-state index in [1.165, 1.54) is 0 Å². The highest BCUT2D eigenvalue weighted by molar-refractivity contribution is 5.55. The molecule has 5 heteroatoms. The third kappa shape index (κ3) is 4.05. The Morgan fingerprint density at radius 1 is 1.18 bits per heavy atom. The number of hydrogen-bond donors (Lipinski definition) is 4. The van der Waals surface area contributed by atoms with Gasteiger partial charge in [-0.2, -0.15) is 0 Å². The molecule has 0 aromatic carbocycles. The van der Waals surface area contributed by atoms with E-state index < -0.39 is 24.9 Å². The van der Waals surface area contributed by atoms with Gasteiger partial charge in [0.15, 0.2) is 0 Å². The maximum absolute atomic E-state index is 9.85. The lowest BCUT2D eigenvalue weighted by molar-refractivity contribution is -0.117. The average molecular weight is 164 g/mol. The van der Waals surface area contributed by atoms with Crippen molar-refractivity contribution in [2.24, 2.45) is 0 Å². The lowest BCUT2D eigenvalue weighted by Gasteiger charge is -2.15. The minimum atomic E-state index is -1.30. The molecule has 11 heavy (non-hydrogen) atoms. The van der Waals surface area contributed by atoms with Crippen LogP contribution in [0.4, 0.5) is 0 Å². The monoisotopic (exact) mass is 164 g/mol. The molecule has 0 aromatic heterocycles. The van der Waals surface area contributed by atoms with Crippen molar-refractivity contribution in [1.82, 2.24) is 0 Å². The fraction of sp³-hybridized carbons (Fsp3) is 0.833. The summed E-state index contributed by atoms with van der Waals surface area (Å²) in [5, 5.41) is 34.6. The number of aliphatic hydroxyl groups excluding tert-OH is 4. The van der Waals surface area contributed by atoms with E-state index in [0.29, 0.717) is 0 Å². The number of aliphatic hydroxyl groups is 4. The smallest absolute Gasteiger partial charge is 0.148 e. The van der Waals surface area contributed by atoms with Gasteiger partial charge >= 0.3 is 0 Å². The maximum atomic E-state index is 9.85. The number of carbonyl (C=O) groups is 1. The molecular formula is C6H12O5. The Kier molecular flexibility index (Phi) is 4.97. The first kappa shape index (κ1) is 10.5. The van der Waals surface area contributed by atoms with E-state index in [1.54, 1.807) is 0 Å². The first-order valence-corrected chi connectivity index (χ1v) is 3.22. The second-order valence-electron chi connectivity index (χ2n) is 2.26. The molecular weight excluding hydrogens is 152 g/mol. The van der Waals surface area contributed by atoms with Crippen LogP contribution >= 0.6 is 0 Å². The minimum absolute atomic E-state index is 0.257. The van der Waals surface area contributed by atoms with Crippen LogP contribution in [0.2, 0.25) is 0 Å². The first-order chi connectivity index (χ1) is 5.11. The summed E-state index contributed by atoms with van der Waals surface area (Å²) < 4.78 is 0. The molecule has 0 aliphatic rings. The van der Waals surface area contributed by atoms with Crippen LogP contribution in [0, 0.1) is 0 Å². The summed E-state index contributed by atoms with van der Waals surface area (Å²) in [7, 11) is 0. The van der Waals surface area contributed by atoms with E-state index in [1.807, 2.05) is 0 Å². The molecule has 0 amide bonds. The highest BCUT2D eigenvalue weighted by atomic mass is 16.4. The van der Waals surface area contributed by atoms with E-state index >= 15 is 0 Å². The first-order valence-electron chi connectivity index (χ1n) is 3.22. The number of aldehydes is 1. The molecule has 4 N–H and O–H groups in total. The third-order valence-electron chi connectivity index (χ3n) is 1.27. The van der Waals surface area contributed by atoms with E-state index in [4.69, 9.17) is 20.4 Å². The lowest BCUT2D eigenvalue weighted by atomic mass is 10.1. The average Bonchev–Trinajstić information content (AvgIpc) is 2.02. The van der Waals surface area contributed by atoms with Crippen LogP contribution in [0.1, 0.15) is 6.42 Å². The Morgan fingerprint density at radius 3 is 2.09 bits per heavy atom. The largest absolute Gasteiger partial charge is 0.394 e. The molecule has 0 aliphatic carbocycles. The van der Waals surface area contributed by atoms with E-state index in [0.717, 1.165) is 0 Å². The predicted molar refractivity (Wildman–Crippen MR) is 35.8 cm³/mol. The van der Waals surface area contributed by atoms with Crippen molar-refractivity contribution in [3.05, 3.63) is 0 Å². The zero-order valence-electron chi connectivity index (χ0n) is 5.92. The molecule has 5 nitrogen and oxygen atoms in total. The number of rotatable bonds is 5. The van der Waals surface area contributed by atoms with Crippen molar-refractivity contribution >= 4 is 6.29 Å². The van der Waals surface area contributed by atoms with Crippen LogP contribution in [0.25, 0.3) is 0 Å². The van der Waals surface area contributed by atoms with E-state index in [-0.39, 0.29) is 12.7 Å². The van der Waals surface area contributed by atoms with Crippen molar-refractivity contribution in [2.75, 3.05) is 6.61 Å². The number of hydrogen-bond acceptors (Lipinski definition) is 5. The Morgan fingerprint density at radius 2 is 1.73 bits per heavy atom. The van der Waals surface area contributed by atoms with Gasteiger partial charge < -0.3 is 25.2 Å². The fourth-order valence-electron chi connectivity index (χ4n) is 0.582. The summed E-state index contributed by atoms with van der Waals surface area (Å²) in [4.78, 5) is 9.85. The lowest BCUT2D eigenvalue weighted by Crippen LogP contribution is -2.33. The van der Waals surface area contributed by atoms with Gasteiger partial charge in [0, 0.05) is 6.42 Å². The zero-order valence-corrected chi connectivity index (χ0v) is 5.92. The van der Waals surface area contributed by atoms with Gasteiger partial charge in [-0.05, 0) is 0 Å². The van der Waals surface area contributed by atoms with Crippen molar-refractivity contribution < 1.29 is 25.2 Å². The summed E-state index contributed by atoms with van der Waals surface area (Å²) in [6.07, 6.45) is -3.85. The molecule has 0 spiro atoms. The molecule has 0 saturated heterocycles. The van der Waals surface area contributed by atoms with Gasteiger partial charge in [0.05, 0.1) is 12.7 Å². The second-order valence-corrected chi connectivity index (χ2v) is 2.26. The molecule has 0 aliphatic heterocycles. The van der Waals surface area contributed by atoms with E-state index in [9.17, 15) is 4.79 Å². The molecule has 66 valence electrons. The summed E-state index contributed by atoms with van der Waals surface area (Å²) in [5.41, 5.74) is 0. The highest BCUT2D eigenvalue weighted by Gasteiger charge is 2.18. The van der Waals surface area contributed by atoms with Gasteiger partial charge in [-0.15, -0.1) is 0 Å². The molecule has 0 heterocycles. The molecule has 3 atom stereocenters. The Balaban J connectivity index is 3.66. The van der Waals surface area contributed by atoms with Gasteiger partial charge in [0.25, 0.3) is 0 Å². The summed E-state index contributed by atoms with van der Waals surface area (Å²) in [6.45, 7) is -0.591. The normalized spacial score (nSPS) is 18.9. The minimum Gasteiger partial charge on any atom is -0.394 e. The maximum Gasteiger partial charge on any atom is 0.148 e. The van der Waals surface area contributed by atoms with Gasteiger partial charge in [-0.25, -0.2) is 0 Å². The van der Waals surface area contributed by atoms with Gasteiger partial charge in [0.1, 0.15) is 18.5 Å². The standard InChI is InChI=1S/C6H12O5/c7-2-4(9)1-5(10)6(11)3-8/h2,4-6,8-11H,1,3H2/t4-,5-,6+/m1/s1.